The van der Waals surface area contributed by atoms with Crippen LogP contribution in [0.3, 0.4) is 0 Å². The van der Waals surface area contributed by atoms with Gasteiger partial charge in [-0.1, -0.05) is 19.1 Å². The van der Waals surface area contributed by atoms with Gasteiger partial charge in [-0.05, 0) is 69.1 Å². The van der Waals surface area contributed by atoms with Crippen LogP contribution < -0.4 is 11.1 Å². The van der Waals surface area contributed by atoms with Gasteiger partial charge < -0.3 is 16.0 Å². The van der Waals surface area contributed by atoms with Gasteiger partial charge in [0.15, 0.2) is 0 Å². The molecule has 1 saturated heterocycles. The number of likely N-dealkylation sites (tertiary alicyclic amines) is 1. The van der Waals surface area contributed by atoms with E-state index in [1.54, 1.807) is 0 Å². The number of rotatable bonds is 6. The second-order valence-electron chi connectivity index (χ2n) is 5.79. The van der Waals surface area contributed by atoms with Crippen LogP contribution in [0.2, 0.25) is 0 Å². The molecule has 21 heavy (non-hydrogen) atoms. The van der Waals surface area contributed by atoms with Gasteiger partial charge in [-0.2, -0.15) is 0 Å². The Kier molecular flexibility index (Phi) is 6.21. The molecule has 1 aliphatic rings. The molecule has 1 heterocycles. The number of carbonyl (C=O) groups is 1. The van der Waals surface area contributed by atoms with Gasteiger partial charge in [0.05, 0.1) is 0 Å². The summed E-state index contributed by atoms with van der Waals surface area (Å²) in [7, 11) is 0. The van der Waals surface area contributed by atoms with Crippen LogP contribution in [-0.4, -0.2) is 37.0 Å². The number of nitrogens with zero attached hydrogens (tertiary/aromatic N) is 1. The average Bonchev–Trinajstić information content (AvgIpc) is 2.53. The first-order valence-corrected chi connectivity index (χ1v) is 8.05. The van der Waals surface area contributed by atoms with Crippen LogP contribution in [0.25, 0.3) is 0 Å². The first kappa shape index (κ1) is 16.0. The average molecular weight is 289 g/mol. The number of anilines is 1. The SMILES string of the molecule is CCC(=O)Nc1cccc(C2CCN(CCCN)CC2)c1. The maximum Gasteiger partial charge on any atom is 0.224 e. The van der Waals surface area contributed by atoms with Crippen LogP contribution in [0.15, 0.2) is 24.3 Å². The van der Waals surface area contributed by atoms with Gasteiger partial charge in [0.1, 0.15) is 0 Å². The molecule has 0 atom stereocenters. The maximum absolute atomic E-state index is 11.5. The Labute approximate surface area is 127 Å². The molecule has 1 fully saturated rings. The van der Waals surface area contributed by atoms with Gasteiger partial charge in [-0.25, -0.2) is 0 Å². The minimum absolute atomic E-state index is 0.0729. The fourth-order valence-corrected chi connectivity index (χ4v) is 2.92. The minimum atomic E-state index is 0.0729. The molecule has 116 valence electrons. The first-order chi connectivity index (χ1) is 10.2. The highest BCUT2D eigenvalue weighted by Gasteiger charge is 2.20. The molecule has 0 spiro atoms. The van der Waals surface area contributed by atoms with Crippen molar-refractivity contribution >= 4 is 11.6 Å². The summed E-state index contributed by atoms with van der Waals surface area (Å²) in [5.41, 5.74) is 7.84. The number of hydrogen-bond acceptors (Lipinski definition) is 3. The Morgan fingerprint density at radius 2 is 2.14 bits per heavy atom. The van der Waals surface area contributed by atoms with E-state index in [9.17, 15) is 4.79 Å². The minimum Gasteiger partial charge on any atom is -0.330 e. The lowest BCUT2D eigenvalue weighted by Gasteiger charge is -2.32. The van der Waals surface area contributed by atoms with Crippen molar-refractivity contribution in [2.45, 2.75) is 38.5 Å². The lowest BCUT2D eigenvalue weighted by Crippen LogP contribution is -2.34. The number of amides is 1. The maximum atomic E-state index is 11.5. The summed E-state index contributed by atoms with van der Waals surface area (Å²) in [4.78, 5) is 14.0. The van der Waals surface area contributed by atoms with E-state index in [0.29, 0.717) is 12.3 Å². The number of nitrogens with two attached hydrogens (primary N) is 1. The van der Waals surface area contributed by atoms with Crippen molar-refractivity contribution in [3.63, 3.8) is 0 Å². The molecule has 0 aromatic heterocycles. The molecule has 1 aliphatic heterocycles. The Morgan fingerprint density at radius 1 is 1.38 bits per heavy atom. The van der Waals surface area contributed by atoms with E-state index >= 15 is 0 Å². The van der Waals surface area contributed by atoms with Crippen molar-refractivity contribution in [2.24, 2.45) is 5.73 Å². The van der Waals surface area contributed by atoms with E-state index in [4.69, 9.17) is 5.73 Å². The highest BCUT2D eigenvalue weighted by Crippen LogP contribution is 2.29. The normalized spacial score (nSPS) is 16.9. The first-order valence-electron chi connectivity index (χ1n) is 8.05. The van der Waals surface area contributed by atoms with E-state index in [1.165, 1.54) is 18.4 Å². The van der Waals surface area contributed by atoms with Crippen LogP contribution in [0, 0.1) is 0 Å². The number of benzene rings is 1. The highest BCUT2D eigenvalue weighted by atomic mass is 16.1. The van der Waals surface area contributed by atoms with E-state index in [0.717, 1.165) is 38.3 Å². The van der Waals surface area contributed by atoms with Crippen molar-refractivity contribution < 1.29 is 4.79 Å². The summed E-state index contributed by atoms with van der Waals surface area (Å²) in [5, 5.41) is 2.94. The van der Waals surface area contributed by atoms with Crippen LogP contribution in [0.4, 0.5) is 5.69 Å². The Morgan fingerprint density at radius 3 is 2.81 bits per heavy atom. The summed E-state index contributed by atoms with van der Waals surface area (Å²) < 4.78 is 0. The van der Waals surface area contributed by atoms with Gasteiger partial charge >= 0.3 is 0 Å². The molecule has 3 N–H and O–H groups in total. The van der Waals surface area contributed by atoms with Gasteiger partial charge in [0, 0.05) is 12.1 Å². The predicted octanol–water partition coefficient (Wildman–Crippen LogP) is 2.56. The fraction of sp³-hybridized carbons (Fsp3) is 0.588. The van der Waals surface area contributed by atoms with Crippen LogP contribution >= 0.6 is 0 Å². The van der Waals surface area contributed by atoms with Crippen LogP contribution in [0.5, 0.6) is 0 Å². The van der Waals surface area contributed by atoms with Gasteiger partial charge in [0.2, 0.25) is 5.91 Å². The lowest BCUT2D eigenvalue weighted by atomic mass is 9.89. The van der Waals surface area contributed by atoms with Crippen molar-refractivity contribution in [1.29, 1.82) is 0 Å². The Bertz CT molecular complexity index is 453. The molecule has 2 rings (SSSR count). The summed E-state index contributed by atoms with van der Waals surface area (Å²) in [6, 6.07) is 8.32. The number of carbonyl (C=O) groups excluding carboxylic acids is 1. The summed E-state index contributed by atoms with van der Waals surface area (Å²) in [6.45, 7) is 6.07. The molecule has 0 aliphatic carbocycles. The van der Waals surface area contributed by atoms with E-state index < -0.39 is 0 Å². The van der Waals surface area contributed by atoms with E-state index in [2.05, 4.69) is 22.3 Å². The zero-order valence-corrected chi connectivity index (χ0v) is 13.0. The zero-order chi connectivity index (χ0) is 15.1. The number of piperidine rings is 1. The van der Waals surface area contributed by atoms with Crippen LogP contribution in [0.1, 0.15) is 44.1 Å². The third-order valence-electron chi connectivity index (χ3n) is 4.23. The number of hydrogen-bond donors (Lipinski definition) is 2. The summed E-state index contributed by atoms with van der Waals surface area (Å²) >= 11 is 0. The fourth-order valence-electron chi connectivity index (χ4n) is 2.92. The van der Waals surface area contributed by atoms with Gasteiger partial charge in [0.25, 0.3) is 0 Å². The topological polar surface area (TPSA) is 58.4 Å². The molecule has 1 amide bonds. The van der Waals surface area contributed by atoms with E-state index in [-0.39, 0.29) is 5.91 Å². The van der Waals surface area contributed by atoms with E-state index in [1.807, 2.05) is 19.1 Å². The molecular weight excluding hydrogens is 262 g/mol. The predicted molar refractivity (Wildman–Crippen MR) is 87.4 cm³/mol. The highest BCUT2D eigenvalue weighted by molar-refractivity contribution is 5.90. The monoisotopic (exact) mass is 289 g/mol. The van der Waals surface area contributed by atoms with Crippen molar-refractivity contribution in [1.82, 2.24) is 4.90 Å². The zero-order valence-electron chi connectivity index (χ0n) is 13.0. The smallest absolute Gasteiger partial charge is 0.224 e. The molecule has 0 radical (unpaired) electrons. The molecule has 1 aromatic rings. The Balaban J connectivity index is 1.91. The standard InChI is InChI=1S/C17H27N3O/c1-2-17(21)19-16-6-3-5-15(13-16)14-7-11-20(12-8-14)10-4-9-18/h3,5-6,13-14H,2,4,7-12,18H2,1H3,(H,19,21). The molecule has 4 heteroatoms. The summed E-state index contributed by atoms with van der Waals surface area (Å²) in [5.74, 6) is 0.682. The van der Waals surface area contributed by atoms with Crippen molar-refractivity contribution in [3.8, 4) is 0 Å². The quantitative estimate of drug-likeness (QED) is 0.846. The molecule has 4 nitrogen and oxygen atoms in total. The second kappa shape index (κ2) is 8.15. The number of nitrogens with one attached hydrogen (secondary N) is 1. The second-order valence-corrected chi connectivity index (χ2v) is 5.79. The molecular formula is C17H27N3O. The van der Waals surface area contributed by atoms with Gasteiger partial charge in [-0.15, -0.1) is 0 Å². The Hall–Kier alpha value is -1.39. The lowest BCUT2D eigenvalue weighted by molar-refractivity contribution is -0.115. The van der Waals surface area contributed by atoms with Crippen molar-refractivity contribution in [3.05, 3.63) is 29.8 Å². The third-order valence-corrected chi connectivity index (χ3v) is 4.23. The van der Waals surface area contributed by atoms with Crippen LogP contribution in [-0.2, 0) is 4.79 Å². The molecule has 0 unspecified atom stereocenters. The van der Waals surface area contributed by atoms with Gasteiger partial charge in [-0.3, -0.25) is 4.79 Å². The third kappa shape index (κ3) is 4.83. The van der Waals surface area contributed by atoms with Crippen molar-refractivity contribution in [2.75, 3.05) is 31.5 Å². The summed E-state index contributed by atoms with van der Waals surface area (Å²) in [6.07, 6.45) is 3.98. The molecule has 0 saturated carbocycles. The molecule has 0 bridgehead atoms. The largest absolute Gasteiger partial charge is 0.330 e. The molecule has 1 aromatic carbocycles.